The number of anilines is 1. The van der Waals surface area contributed by atoms with Gasteiger partial charge in [-0.05, 0) is 87.4 Å². The summed E-state index contributed by atoms with van der Waals surface area (Å²) in [6.07, 6.45) is 1.97. The van der Waals surface area contributed by atoms with Crippen LogP contribution in [-0.2, 0) is 4.79 Å². The van der Waals surface area contributed by atoms with Crippen molar-refractivity contribution in [1.29, 1.82) is 0 Å². The van der Waals surface area contributed by atoms with E-state index in [1.54, 1.807) is 6.92 Å². The summed E-state index contributed by atoms with van der Waals surface area (Å²) in [4.78, 5) is 15.0. The lowest BCUT2D eigenvalue weighted by molar-refractivity contribution is -0.127. The Morgan fingerprint density at radius 3 is 2.31 bits per heavy atom. The van der Waals surface area contributed by atoms with Gasteiger partial charge in [0.25, 0.3) is 5.91 Å². The molecule has 3 rings (SSSR count). The first-order valence-electron chi connectivity index (χ1n) is 10.7. The molecular weight excluding hydrogens is 360 g/mol. The Labute approximate surface area is 175 Å². The number of hydrogen-bond acceptors (Lipinski definition) is 3. The van der Waals surface area contributed by atoms with Crippen LogP contribution in [0.5, 0.6) is 5.75 Å². The van der Waals surface area contributed by atoms with Crippen molar-refractivity contribution in [2.75, 3.05) is 18.0 Å². The molecule has 156 valence electrons. The minimum Gasteiger partial charge on any atom is -0.481 e. The van der Waals surface area contributed by atoms with Crippen molar-refractivity contribution >= 4 is 11.6 Å². The maximum atomic E-state index is 12.6. The molecule has 0 bridgehead atoms. The summed E-state index contributed by atoms with van der Waals surface area (Å²) in [5, 5.41) is 3.07. The lowest BCUT2D eigenvalue weighted by Gasteiger charge is -2.32. The summed E-state index contributed by atoms with van der Waals surface area (Å²) in [5.74, 6) is 1.45. The molecule has 2 aromatic rings. The van der Waals surface area contributed by atoms with E-state index < -0.39 is 6.10 Å². The number of amides is 1. The fourth-order valence-corrected chi connectivity index (χ4v) is 3.70. The molecule has 1 saturated heterocycles. The highest BCUT2D eigenvalue weighted by Gasteiger charge is 2.19. The molecule has 0 aromatic heterocycles. The zero-order valence-corrected chi connectivity index (χ0v) is 18.4. The first kappa shape index (κ1) is 21.2. The number of aryl methyl sites for hydroxylation is 2. The maximum absolute atomic E-state index is 12.6. The highest BCUT2D eigenvalue weighted by Crippen LogP contribution is 2.25. The number of nitrogens with zero attached hydrogens (tertiary/aromatic N) is 1. The van der Waals surface area contributed by atoms with Gasteiger partial charge < -0.3 is 15.0 Å². The molecule has 0 radical (unpaired) electrons. The Morgan fingerprint density at radius 2 is 1.69 bits per heavy atom. The predicted octanol–water partition coefficient (Wildman–Crippen LogP) is 5.18. The third kappa shape index (κ3) is 5.53. The number of carbonyl (C=O) groups is 1. The Hall–Kier alpha value is -2.49. The van der Waals surface area contributed by atoms with Gasteiger partial charge in [-0.15, -0.1) is 0 Å². The summed E-state index contributed by atoms with van der Waals surface area (Å²) in [6, 6.07) is 14.4. The van der Waals surface area contributed by atoms with E-state index in [2.05, 4.69) is 48.3 Å². The smallest absolute Gasteiger partial charge is 0.261 e. The van der Waals surface area contributed by atoms with Crippen molar-refractivity contribution in [2.24, 2.45) is 5.92 Å². The van der Waals surface area contributed by atoms with Crippen LogP contribution in [0.25, 0.3) is 0 Å². The van der Waals surface area contributed by atoms with Crippen molar-refractivity contribution in [3.8, 4) is 5.75 Å². The van der Waals surface area contributed by atoms with Crippen molar-refractivity contribution in [3.05, 3.63) is 59.2 Å². The summed E-state index contributed by atoms with van der Waals surface area (Å²) in [6.45, 7) is 12.5. The van der Waals surface area contributed by atoms with Gasteiger partial charge in [0.2, 0.25) is 0 Å². The van der Waals surface area contributed by atoms with E-state index in [9.17, 15) is 4.79 Å². The van der Waals surface area contributed by atoms with Crippen molar-refractivity contribution in [2.45, 2.75) is 59.6 Å². The molecule has 29 heavy (non-hydrogen) atoms. The predicted molar refractivity (Wildman–Crippen MR) is 120 cm³/mol. The van der Waals surface area contributed by atoms with E-state index in [1.165, 1.54) is 24.1 Å². The van der Waals surface area contributed by atoms with Crippen LogP contribution in [0.15, 0.2) is 42.5 Å². The van der Waals surface area contributed by atoms with Crippen LogP contribution >= 0.6 is 0 Å². The van der Waals surface area contributed by atoms with Crippen LogP contribution < -0.4 is 15.0 Å². The molecule has 1 aliphatic rings. The van der Waals surface area contributed by atoms with Gasteiger partial charge in [0.1, 0.15) is 5.75 Å². The quantitative estimate of drug-likeness (QED) is 0.733. The molecule has 1 fully saturated rings. The highest BCUT2D eigenvalue weighted by molar-refractivity contribution is 5.81. The normalized spacial score (nSPS) is 16.9. The number of piperidine rings is 1. The molecule has 0 spiro atoms. The van der Waals surface area contributed by atoms with E-state index in [0.29, 0.717) is 0 Å². The molecule has 1 aliphatic heterocycles. The monoisotopic (exact) mass is 394 g/mol. The molecule has 1 heterocycles. The molecule has 1 amide bonds. The van der Waals surface area contributed by atoms with Gasteiger partial charge in [0, 0.05) is 18.8 Å². The van der Waals surface area contributed by atoms with Crippen molar-refractivity contribution in [3.63, 3.8) is 0 Å². The SMILES string of the molecule is Cc1ccc(O[C@H](C)C(=O)N[C@@H](C)c2ccc(N3CCC(C)CC3)cc2)cc1C. The number of nitrogens with one attached hydrogen (secondary N) is 1. The van der Waals surface area contributed by atoms with E-state index >= 15 is 0 Å². The second-order valence-electron chi connectivity index (χ2n) is 8.50. The largest absolute Gasteiger partial charge is 0.481 e. The molecule has 2 aromatic carbocycles. The van der Waals surface area contributed by atoms with Gasteiger partial charge in [0.15, 0.2) is 6.10 Å². The van der Waals surface area contributed by atoms with Crippen molar-refractivity contribution in [1.82, 2.24) is 5.32 Å². The average molecular weight is 395 g/mol. The zero-order valence-electron chi connectivity index (χ0n) is 18.4. The third-order valence-corrected chi connectivity index (χ3v) is 6.06. The second kappa shape index (κ2) is 9.34. The van der Waals surface area contributed by atoms with E-state index in [-0.39, 0.29) is 11.9 Å². The lowest BCUT2D eigenvalue weighted by atomic mass is 9.98. The zero-order chi connectivity index (χ0) is 21.0. The van der Waals surface area contributed by atoms with E-state index in [1.807, 2.05) is 32.0 Å². The van der Waals surface area contributed by atoms with E-state index in [0.717, 1.165) is 35.9 Å². The van der Waals surface area contributed by atoms with Crippen LogP contribution in [0.4, 0.5) is 5.69 Å². The molecule has 1 N–H and O–H groups in total. The van der Waals surface area contributed by atoms with Gasteiger partial charge in [-0.2, -0.15) is 0 Å². The Bertz CT molecular complexity index is 823. The fourth-order valence-electron chi connectivity index (χ4n) is 3.70. The van der Waals surface area contributed by atoms with Crippen LogP contribution in [0.1, 0.15) is 56.3 Å². The Morgan fingerprint density at radius 1 is 1.03 bits per heavy atom. The number of hydrogen-bond donors (Lipinski definition) is 1. The maximum Gasteiger partial charge on any atom is 0.261 e. The molecule has 4 nitrogen and oxygen atoms in total. The third-order valence-electron chi connectivity index (χ3n) is 6.06. The summed E-state index contributed by atoms with van der Waals surface area (Å²) >= 11 is 0. The fraction of sp³-hybridized carbons (Fsp3) is 0.480. The number of ether oxygens (including phenoxy) is 1. The van der Waals surface area contributed by atoms with Gasteiger partial charge >= 0.3 is 0 Å². The first-order valence-corrected chi connectivity index (χ1v) is 10.7. The van der Waals surface area contributed by atoms with Crippen LogP contribution in [-0.4, -0.2) is 25.1 Å². The average Bonchev–Trinajstić information content (AvgIpc) is 2.71. The van der Waals surface area contributed by atoms with Crippen LogP contribution in [0, 0.1) is 19.8 Å². The van der Waals surface area contributed by atoms with Crippen LogP contribution in [0.2, 0.25) is 0 Å². The first-order chi connectivity index (χ1) is 13.8. The van der Waals surface area contributed by atoms with Gasteiger partial charge in [0.05, 0.1) is 6.04 Å². The second-order valence-corrected chi connectivity index (χ2v) is 8.50. The number of rotatable bonds is 6. The van der Waals surface area contributed by atoms with Gasteiger partial charge in [-0.3, -0.25) is 4.79 Å². The molecule has 2 atom stereocenters. The summed E-state index contributed by atoms with van der Waals surface area (Å²) < 4.78 is 5.84. The standard InChI is InChI=1S/C25H34N2O2/c1-17-12-14-27(15-13-17)23-9-7-22(8-10-23)20(4)26-25(28)21(5)29-24-11-6-18(2)19(3)16-24/h6-11,16-17,20-21H,12-15H2,1-5H3,(H,26,28)/t20-,21+/m0/s1. The molecular formula is C25H34N2O2. The highest BCUT2D eigenvalue weighted by atomic mass is 16.5. The number of benzene rings is 2. The summed E-state index contributed by atoms with van der Waals surface area (Å²) in [7, 11) is 0. The number of carbonyl (C=O) groups excluding carboxylic acids is 1. The topological polar surface area (TPSA) is 41.6 Å². The Balaban J connectivity index is 1.55. The van der Waals surface area contributed by atoms with Gasteiger partial charge in [-0.1, -0.05) is 25.1 Å². The minimum absolute atomic E-state index is 0.0660. The van der Waals surface area contributed by atoms with Crippen molar-refractivity contribution < 1.29 is 9.53 Å². The summed E-state index contributed by atoms with van der Waals surface area (Å²) in [5.41, 5.74) is 4.74. The minimum atomic E-state index is -0.547. The van der Waals surface area contributed by atoms with Crippen LogP contribution in [0.3, 0.4) is 0 Å². The lowest BCUT2D eigenvalue weighted by Crippen LogP contribution is -2.37. The van der Waals surface area contributed by atoms with Gasteiger partial charge in [-0.25, -0.2) is 0 Å². The molecule has 0 saturated carbocycles. The van der Waals surface area contributed by atoms with E-state index in [4.69, 9.17) is 4.74 Å². The molecule has 0 unspecified atom stereocenters. The Kier molecular flexibility index (Phi) is 6.83. The molecule has 0 aliphatic carbocycles. The molecule has 4 heteroatoms.